The van der Waals surface area contributed by atoms with E-state index in [1.165, 1.54) is 0 Å². The molecule has 3 rings (SSSR count). The number of rotatable bonds is 3. The number of pyridine rings is 1. The maximum atomic E-state index is 6.23. The number of nitrogens with two attached hydrogens (primary N) is 2. The maximum Gasteiger partial charge on any atom is 0.226 e. The Balaban J connectivity index is 2.12. The molecule has 1 aliphatic heterocycles. The van der Waals surface area contributed by atoms with E-state index in [4.69, 9.17) is 25.7 Å². The second-order valence-electron chi connectivity index (χ2n) is 5.09. The fourth-order valence-corrected chi connectivity index (χ4v) is 2.60. The Morgan fingerprint density at radius 3 is 2.57 bits per heavy atom. The molecule has 1 aromatic heterocycles. The zero-order valence-electron chi connectivity index (χ0n) is 13.2. The number of nitrogens with zero attached hydrogens (tertiary/aromatic N) is 2. The number of aliphatic imine (C=N–C) groups is 1. The molecular weight excluding hydrogens is 296 g/mol. The molecule has 0 unspecified atom stereocenters. The summed E-state index contributed by atoms with van der Waals surface area (Å²) < 4.78 is 16.5. The number of nitrogen functional groups attached to an aromatic ring is 2. The number of anilines is 2. The molecule has 0 fully saturated rings. The van der Waals surface area contributed by atoms with Crippen molar-refractivity contribution in [1.29, 1.82) is 0 Å². The molecule has 1 aromatic carbocycles. The first kappa shape index (κ1) is 15.0. The molecule has 120 valence electrons. The molecule has 1 aliphatic rings. The highest BCUT2D eigenvalue weighted by Gasteiger charge is 2.25. The SMILES string of the molecule is CN=Cc1c(N)nc2c(c1N)Cc1cc(OC)c(OC)cc1O2. The van der Waals surface area contributed by atoms with E-state index in [9.17, 15) is 0 Å². The van der Waals surface area contributed by atoms with Gasteiger partial charge in [-0.2, -0.15) is 4.98 Å². The van der Waals surface area contributed by atoms with Crippen molar-refractivity contribution in [2.75, 3.05) is 32.7 Å². The third-order valence-electron chi connectivity index (χ3n) is 3.77. The lowest BCUT2D eigenvalue weighted by molar-refractivity contribution is 0.349. The minimum Gasteiger partial charge on any atom is -0.493 e. The first-order valence-electron chi connectivity index (χ1n) is 7.01. The molecular formula is C16H18N4O3. The summed E-state index contributed by atoms with van der Waals surface area (Å²) >= 11 is 0. The molecule has 0 saturated heterocycles. The van der Waals surface area contributed by atoms with E-state index in [1.807, 2.05) is 6.07 Å². The Morgan fingerprint density at radius 1 is 1.22 bits per heavy atom. The molecule has 2 aromatic rings. The van der Waals surface area contributed by atoms with E-state index in [-0.39, 0.29) is 5.82 Å². The number of fused-ring (bicyclic) bond motifs is 2. The molecule has 7 heteroatoms. The second kappa shape index (κ2) is 5.68. The van der Waals surface area contributed by atoms with Crippen LogP contribution in [0.2, 0.25) is 0 Å². The van der Waals surface area contributed by atoms with Crippen molar-refractivity contribution in [2.24, 2.45) is 4.99 Å². The summed E-state index contributed by atoms with van der Waals surface area (Å²) in [5.74, 6) is 2.57. The molecule has 0 aliphatic carbocycles. The van der Waals surface area contributed by atoms with E-state index >= 15 is 0 Å². The summed E-state index contributed by atoms with van der Waals surface area (Å²) in [5, 5.41) is 0. The lowest BCUT2D eigenvalue weighted by Crippen LogP contribution is -2.13. The molecule has 0 amide bonds. The Morgan fingerprint density at radius 2 is 1.91 bits per heavy atom. The Kier molecular flexibility index (Phi) is 3.69. The summed E-state index contributed by atoms with van der Waals surface area (Å²) in [6, 6.07) is 3.65. The van der Waals surface area contributed by atoms with Gasteiger partial charge in [0.05, 0.1) is 25.5 Å². The predicted octanol–water partition coefficient (Wildman–Crippen LogP) is 2.01. The van der Waals surface area contributed by atoms with Gasteiger partial charge in [-0.05, 0) is 6.07 Å². The normalized spacial score (nSPS) is 12.5. The largest absolute Gasteiger partial charge is 0.493 e. The third kappa shape index (κ3) is 2.40. The minimum atomic E-state index is 0.288. The van der Waals surface area contributed by atoms with E-state index < -0.39 is 0 Å². The Bertz CT molecular complexity index is 803. The number of hydrogen-bond acceptors (Lipinski definition) is 7. The molecule has 0 atom stereocenters. The van der Waals surface area contributed by atoms with Crippen LogP contribution >= 0.6 is 0 Å². The first-order valence-corrected chi connectivity index (χ1v) is 7.01. The quantitative estimate of drug-likeness (QED) is 0.716. The third-order valence-corrected chi connectivity index (χ3v) is 3.77. The van der Waals surface area contributed by atoms with E-state index in [0.717, 1.165) is 11.1 Å². The zero-order valence-corrected chi connectivity index (χ0v) is 13.2. The van der Waals surface area contributed by atoms with Crippen molar-refractivity contribution in [2.45, 2.75) is 6.42 Å². The van der Waals surface area contributed by atoms with Gasteiger partial charge in [-0.25, -0.2) is 0 Å². The smallest absolute Gasteiger partial charge is 0.226 e. The van der Waals surface area contributed by atoms with E-state index in [1.54, 1.807) is 33.5 Å². The van der Waals surface area contributed by atoms with Crippen LogP contribution in [0.3, 0.4) is 0 Å². The lowest BCUT2D eigenvalue weighted by atomic mass is 9.98. The van der Waals surface area contributed by atoms with Crippen molar-refractivity contribution >= 4 is 17.7 Å². The maximum absolute atomic E-state index is 6.23. The van der Waals surface area contributed by atoms with Gasteiger partial charge in [-0.3, -0.25) is 4.99 Å². The highest BCUT2D eigenvalue weighted by atomic mass is 16.5. The zero-order chi connectivity index (χ0) is 16.6. The van der Waals surface area contributed by atoms with Crippen LogP contribution in [0.1, 0.15) is 16.7 Å². The van der Waals surface area contributed by atoms with Gasteiger partial charge < -0.3 is 25.7 Å². The van der Waals surface area contributed by atoms with Crippen molar-refractivity contribution in [3.8, 4) is 23.1 Å². The van der Waals surface area contributed by atoms with Crippen LogP contribution in [0.25, 0.3) is 0 Å². The van der Waals surface area contributed by atoms with Gasteiger partial charge in [0.15, 0.2) is 11.5 Å². The molecule has 4 N–H and O–H groups in total. The highest BCUT2D eigenvalue weighted by Crippen LogP contribution is 2.44. The lowest BCUT2D eigenvalue weighted by Gasteiger charge is -2.23. The monoisotopic (exact) mass is 314 g/mol. The van der Waals surface area contributed by atoms with Gasteiger partial charge in [-0.15, -0.1) is 0 Å². The van der Waals surface area contributed by atoms with Crippen molar-refractivity contribution in [1.82, 2.24) is 4.98 Å². The molecule has 23 heavy (non-hydrogen) atoms. The number of benzene rings is 1. The molecule has 0 spiro atoms. The van der Waals surface area contributed by atoms with Gasteiger partial charge in [0.25, 0.3) is 0 Å². The summed E-state index contributed by atoms with van der Waals surface area (Å²) in [6.45, 7) is 0. The van der Waals surface area contributed by atoms with Crippen LogP contribution in [-0.2, 0) is 6.42 Å². The molecule has 0 radical (unpaired) electrons. The van der Waals surface area contributed by atoms with Gasteiger partial charge in [0.2, 0.25) is 5.88 Å². The molecule has 0 bridgehead atoms. The van der Waals surface area contributed by atoms with Crippen LogP contribution in [0.5, 0.6) is 23.1 Å². The van der Waals surface area contributed by atoms with Crippen molar-refractivity contribution in [3.63, 3.8) is 0 Å². The number of ether oxygens (including phenoxy) is 3. The predicted molar refractivity (Wildman–Crippen MR) is 89.0 cm³/mol. The molecule has 2 heterocycles. The number of hydrogen-bond donors (Lipinski definition) is 2. The Labute approximate surface area is 133 Å². The van der Waals surface area contributed by atoms with Crippen molar-refractivity contribution < 1.29 is 14.2 Å². The summed E-state index contributed by atoms with van der Waals surface area (Å²) in [5.41, 5.74) is 15.0. The molecule has 0 saturated carbocycles. The van der Waals surface area contributed by atoms with Gasteiger partial charge in [0, 0.05) is 36.9 Å². The Hall–Kier alpha value is -2.96. The van der Waals surface area contributed by atoms with Crippen molar-refractivity contribution in [3.05, 3.63) is 28.8 Å². The molecule has 7 nitrogen and oxygen atoms in total. The minimum absolute atomic E-state index is 0.288. The fourth-order valence-electron chi connectivity index (χ4n) is 2.60. The van der Waals surface area contributed by atoms with Crippen LogP contribution in [0, 0.1) is 0 Å². The standard InChI is InChI=1S/C16H18N4O3/c1-19-7-10-14(17)9-4-8-5-12(21-2)13(22-3)6-11(8)23-16(9)20-15(10)18/h5-7H,4H2,1-3H3,(H4,17,18,20). The number of methoxy groups -OCH3 is 2. The average molecular weight is 314 g/mol. The summed E-state index contributed by atoms with van der Waals surface area (Å²) in [6.07, 6.45) is 2.16. The van der Waals surface area contributed by atoms with Crippen LogP contribution in [0.15, 0.2) is 17.1 Å². The van der Waals surface area contributed by atoms with Gasteiger partial charge in [0.1, 0.15) is 11.6 Å². The van der Waals surface area contributed by atoms with Gasteiger partial charge >= 0.3 is 0 Å². The van der Waals surface area contributed by atoms with Crippen LogP contribution in [0.4, 0.5) is 11.5 Å². The topological polar surface area (TPSA) is 105 Å². The summed E-state index contributed by atoms with van der Waals surface area (Å²) in [4.78, 5) is 8.27. The van der Waals surface area contributed by atoms with E-state index in [2.05, 4.69) is 9.98 Å². The average Bonchev–Trinajstić information content (AvgIpc) is 2.56. The van der Waals surface area contributed by atoms with Gasteiger partial charge in [-0.1, -0.05) is 0 Å². The highest BCUT2D eigenvalue weighted by molar-refractivity contribution is 5.94. The fraction of sp³-hybridized carbons (Fsp3) is 0.250. The second-order valence-corrected chi connectivity index (χ2v) is 5.09. The van der Waals surface area contributed by atoms with E-state index in [0.29, 0.717) is 40.8 Å². The number of aromatic nitrogens is 1. The first-order chi connectivity index (χ1) is 11.1. The summed E-state index contributed by atoms with van der Waals surface area (Å²) in [7, 11) is 4.82. The van der Waals surface area contributed by atoms with Crippen LogP contribution in [-0.4, -0.2) is 32.5 Å². The van der Waals surface area contributed by atoms with Crippen LogP contribution < -0.4 is 25.7 Å².